The molecule has 1 atom stereocenters. The Labute approximate surface area is 131 Å². The molecule has 118 valence electrons. The molecule has 0 aliphatic carbocycles. The summed E-state index contributed by atoms with van der Waals surface area (Å²) < 4.78 is 0. The van der Waals surface area contributed by atoms with Gasteiger partial charge in [0.2, 0.25) is 0 Å². The van der Waals surface area contributed by atoms with Gasteiger partial charge < -0.3 is 15.7 Å². The van der Waals surface area contributed by atoms with Gasteiger partial charge in [0.15, 0.2) is 0 Å². The molecule has 1 aromatic rings. The van der Waals surface area contributed by atoms with Crippen LogP contribution in [0, 0.1) is 18.3 Å². The summed E-state index contributed by atoms with van der Waals surface area (Å²) in [5, 5.41) is 14.1. The third-order valence-electron chi connectivity index (χ3n) is 3.28. The van der Waals surface area contributed by atoms with Gasteiger partial charge in [-0.15, -0.1) is 6.42 Å². The first-order valence-electron chi connectivity index (χ1n) is 7.37. The zero-order valence-electron chi connectivity index (χ0n) is 12.8. The van der Waals surface area contributed by atoms with E-state index in [2.05, 4.69) is 16.6 Å². The highest BCUT2D eigenvalue weighted by atomic mass is 16.3. The second kappa shape index (κ2) is 9.59. The third kappa shape index (κ3) is 5.98. The van der Waals surface area contributed by atoms with Crippen LogP contribution in [0.4, 0.5) is 5.69 Å². The summed E-state index contributed by atoms with van der Waals surface area (Å²) in [5.41, 5.74) is 1.11. The van der Waals surface area contributed by atoms with Crippen LogP contribution in [0.25, 0.3) is 0 Å². The van der Waals surface area contributed by atoms with Crippen molar-refractivity contribution in [1.82, 2.24) is 5.32 Å². The smallest absolute Gasteiger partial charge is 0.313 e. The lowest BCUT2D eigenvalue weighted by atomic mass is 10.0. The van der Waals surface area contributed by atoms with Crippen LogP contribution in [-0.4, -0.2) is 30.1 Å². The Bertz CT molecular complexity index is 543. The molecule has 2 amide bonds. The van der Waals surface area contributed by atoms with E-state index in [-0.39, 0.29) is 12.5 Å². The van der Waals surface area contributed by atoms with E-state index in [9.17, 15) is 9.59 Å². The van der Waals surface area contributed by atoms with Gasteiger partial charge in [0, 0.05) is 24.4 Å². The van der Waals surface area contributed by atoms with Gasteiger partial charge >= 0.3 is 11.8 Å². The molecule has 3 N–H and O–H groups in total. The van der Waals surface area contributed by atoms with E-state index in [1.165, 1.54) is 0 Å². The molecule has 1 aromatic carbocycles. The zero-order valence-corrected chi connectivity index (χ0v) is 12.8. The van der Waals surface area contributed by atoms with E-state index in [0.717, 1.165) is 12.8 Å². The Hall–Kier alpha value is -2.32. The summed E-state index contributed by atoms with van der Waals surface area (Å²) in [7, 11) is 0. The van der Waals surface area contributed by atoms with Crippen molar-refractivity contribution in [3.8, 4) is 12.3 Å². The molecule has 0 spiro atoms. The maximum Gasteiger partial charge on any atom is 0.313 e. The van der Waals surface area contributed by atoms with Crippen molar-refractivity contribution in [2.75, 3.05) is 18.5 Å². The Kier molecular flexibility index (Phi) is 7.73. The first-order valence-corrected chi connectivity index (χ1v) is 7.37. The number of benzene rings is 1. The average Bonchev–Trinajstić information content (AvgIpc) is 2.52. The quantitative estimate of drug-likeness (QED) is 0.528. The molecule has 0 aromatic heterocycles. The molecule has 1 rings (SSSR count). The average molecular weight is 302 g/mol. The van der Waals surface area contributed by atoms with Crippen LogP contribution in [0.15, 0.2) is 24.3 Å². The van der Waals surface area contributed by atoms with Crippen LogP contribution in [0.1, 0.15) is 31.7 Å². The number of carbonyl (C=O) groups excluding carboxylic acids is 2. The van der Waals surface area contributed by atoms with Crippen LogP contribution in [0.2, 0.25) is 0 Å². The Morgan fingerprint density at radius 3 is 2.73 bits per heavy atom. The number of hydrogen-bond acceptors (Lipinski definition) is 3. The predicted octanol–water partition coefficient (Wildman–Crippen LogP) is 1.52. The van der Waals surface area contributed by atoms with E-state index in [0.29, 0.717) is 24.2 Å². The molecule has 0 fully saturated rings. The predicted molar refractivity (Wildman–Crippen MR) is 86.1 cm³/mol. The summed E-state index contributed by atoms with van der Waals surface area (Å²) in [6.07, 6.45) is 7.76. The SMILES string of the molecule is C#Cc1cccc(NC(=O)C(=O)NCC(CCC)CCO)c1. The minimum absolute atomic E-state index is 0.0750. The first kappa shape index (κ1) is 17.7. The largest absolute Gasteiger partial charge is 0.396 e. The second-order valence-electron chi connectivity index (χ2n) is 5.06. The first-order chi connectivity index (χ1) is 10.6. The zero-order chi connectivity index (χ0) is 16.4. The number of anilines is 1. The highest BCUT2D eigenvalue weighted by Gasteiger charge is 2.16. The van der Waals surface area contributed by atoms with E-state index in [1.807, 2.05) is 6.92 Å². The lowest BCUT2D eigenvalue weighted by molar-refractivity contribution is -0.136. The number of aliphatic hydroxyl groups is 1. The summed E-state index contributed by atoms with van der Waals surface area (Å²) in [6.45, 7) is 2.49. The van der Waals surface area contributed by atoms with Crippen molar-refractivity contribution < 1.29 is 14.7 Å². The number of hydrogen-bond donors (Lipinski definition) is 3. The molecule has 22 heavy (non-hydrogen) atoms. The fourth-order valence-electron chi connectivity index (χ4n) is 2.13. The van der Waals surface area contributed by atoms with Gasteiger partial charge in [-0.05, 0) is 37.0 Å². The summed E-state index contributed by atoms with van der Waals surface area (Å²) in [4.78, 5) is 23.6. The van der Waals surface area contributed by atoms with Gasteiger partial charge in [-0.25, -0.2) is 0 Å². The topological polar surface area (TPSA) is 78.4 Å². The fourth-order valence-corrected chi connectivity index (χ4v) is 2.13. The van der Waals surface area contributed by atoms with E-state index in [4.69, 9.17) is 11.5 Å². The van der Waals surface area contributed by atoms with Gasteiger partial charge in [0.1, 0.15) is 0 Å². The van der Waals surface area contributed by atoms with Crippen LogP contribution >= 0.6 is 0 Å². The molecule has 0 bridgehead atoms. The molecule has 0 radical (unpaired) electrons. The lowest BCUT2D eigenvalue weighted by Crippen LogP contribution is -2.38. The van der Waals surface area contributed by atoms with Crippen LogP contribution < -0.4 is 10.6 Å². The maximum atomic E-state index is 11.8. The molecule has 5 heteroatoms. The van der Waals surface area contributed by atoms with E-state index >= 15 is 0 Å². The maximum absolute atomic E-state index is 11.8. The molecular weight excluding hydrogens is 280 g/mol. The molecule has 0 heterocycles. The highest BCUT2D eigenvalue weighted by Crippen LogP contribution is 2.10. The number of aliphatic hydroxyl groups excluding tert-OH is 1. The Morgan fingerprint density at radius 2 is 2.09 bits per heavy atom. The van der Waals surface area contributed by atoms with Gasteiger partial charge in [0.05, 0.1) is 0 Å². The molecule has 1 unspecified atom stereocenters. The highest BCUT2D eigenvalue weighted by molar-refractivity contribution is 6.39. The third-order valence-corrected chi connectivity index (χ3v) is 3.28. The number of terminal acetylenes is 1. The van der Waals surface area contributed by atoms with E-state index in [1.54, 1.807) is 24.3 Å². The Morgan fingerprint density at radius 1 is 1.32 bits per heavy atom. The second-order valence-corrected chi connectivity index (χ2v) is 5.06. The van der Waals surface area contributed by atoms with Crippen molar-refractivity contribution in [2.24, 2.45) is 5.92 Å². The molecule has 0 saturated heterocycles. The molecule has 0 aliphatic heterocycles. The van der Waals surface area contributed by atoms with Crippen molar-refractivity contribution in [3.05, 3.63) is 29.8 Å². The van der Waals surface area contributed by atoms with Crippen molar-refractivity contribution >= 4 is 17.5 Å². The minimum Gasteiger partial charge on any atom is -0.396 e. The van der Waals surface area contributed by atoms with E-state index < -0.39 is 11.8 Å². The molecule has 0 saturated carbocycles. The number of amides is 2. The molecular formula is C17H22N2O3. The lowest BCUT2D eigenvalue weighted by Gasteiger charge is -2.15. The summed E-state index contributed by atoms with van der Waals surface area (Å²) in [6, 6.07) is 6.73. The molecule has 0 aliphatic rings. The normalized spacial score (nSPS) is 11.3. The number of carbonyl (C=O) groups is 2. The minimum atomic E-state index is -0.728. The van der Waals surface area contributed by atoms with Gasteiger partial charge in [-0.2, -0.15) is 0 Å². The summed E-state index contributed by atoms with van der Waals surface area (Å²) >= 11 is 0. The van der Waals surface area contributed by atoms with Crippen molar-refractivity contribution in [3.63, 3.8) is 0 Å². The van der Waals surface area contributed by atoms with Crippen LogP contribution in [-0.2, 0) is 9.59 Å². The van der Waals surface area contributed by atoms with Gasteiger partial charge in [0.25, 0.3) is 0 Å². The number of rotatable bonds is 7. The van der Waals surface area contributed by atoms with Crippen molar-refractivity contribution in [2.45, 2.75) is 26.2 Å². The number of nitrogens with one attached hydrogen (secondary N) is 2. The van der Waals surface area contributed by atoms with Crippen LogP contribution in [0.3, 0.4) is 0 Å². The standard InChI is InChI=1S/C17H22N2O3/c1-3-6-14(9-10-20)12-18-16(21)17(22)19-15-8-5-7-13(4-2)11-15/h2,5,7-8,11,14,20H,3,6,9-10,12H2,1H3,(H,18,21)(H,19,22). The van der Waals surface area contributed by atoms with Crippen molar-refractivity contribution in [1.29, 1.82) is 0 Å². The monoisotopic (exact) mass is 302 g/mol. The summed E-state index contributed by atoms with van der Waals surface area (Å²) in [5.74, 6) is 1.22. The van der Waals surface area contributed by atoms with Gasteiger partial charge in [-0.1, -0.05) is 25.3 Å². The Balaban J connectivity index is 2.51. The van der Waals surface area contributed by atoms with Crippen LogP contribution in [0.5, 0.6) is 0 Å². The fraction of sp³-hybridized carbons (Fsp3) is 0.412. The molecule has 5 nitrogen and oxygen atoms in total. The van der Waals surface area contributed by atoms with Gasteiger partial charge in [-0.3, -0.25) is 9.59 Å².